The SMILES string of the molecule is Cc1cc(-c2ccc(CNc3nn[nH]n3)o2)ccc1Br. The Hall–Kier alpha value is -2.15. The Morgan fingerprint density at radius 3 is 2.95 bits per heavy atom. The van der Waals surface area contributed by atoms with Crippen LogP contribution in [0.3, 0.4) is 0 Å². The van der Waals surface area contributed by atoms with Crippen molar-refractivity contribution in [2.45, 2.75) is 13.5 Å². The molecule has 3 aromatic rings. The largest absolute Gasteiger partial charge is 0.459 e. The Morgan fingerprint density at radius 2 is 2.20 bits per heavy atom. The van der Waals surface area contributed by atoms with Crippen molar-refractivity contribution in [1.82, 2.24) is 20.6 Å². The number of aryl methyl sites for hydroxylation is 1. The number of nitrogens with one attached hydrogen (secondary N) is 2. The van der Waals surface area contributed by atoms with Crippen LogP contribution in [0, 0.1) is 6.92 Å². The molecule has 0 aliphatic carbocycles. The number of tetrazole rings is 1. The third-order valence-electron chi connectivity index (χ3n) is 2.87. The molecular weight excluding hydrogens is 322 g/mol. The van der Waals surface area contributed by atoms with Gasteiger partial charge < -0.3 is 9.73 Å². The first-order chi connectivity index (χ1) is 9.72. The second-order valence-corrected chi connectivity index (χ2v) is 5.17. The van der Waals surface area contributed by atoms with E-state index in [1.807, 2.05) is 24.3 Å². The van der Waals surface area contributed by atoms with E-state index in [0.29, 0.717) is 12.5 Å². The molecule has 0 spiro atoms. The smallest absolute Gasteiger partial charge is 0.263 e. The quantitative estimate of drug-likeness (QED) is 0.766. The van der Waals surface area contributed by atoms with E-state index in [2.05, 4.69) is 54.9 Å². The highest BCUT2D eigenvalue weighted by atomic mass is 79.9. The van der Waals surface area contributed by atoms with Gasteiger partial charge in [-0.15, -0.1) is 5.10 Å². The first kappa shape index (κ1) is 12.9. The zero-order chi connectivity index (χ0) is 13.9. The average Bonchev–Trinajstić information content (AvgIpc) is 3.10. The van der Waals surface area contributed by atoms with Gasteiger partial charge in [-0.3, -0.25) is 0 Å². The van der Waals surface area contributed by atoms with Crippen molar-refractivity contribution in [2.24, 2.45) is 0 Å². The van der Waals surface area contributed by atoms with Crippen LogP contribution in [0.2, 0.25) is 0 Å². The number of aromatic amines is 1. The fraction of sp³-hybridized carbons (Fsp3) is 0.154. The zero-order valence-electron chi connectivity index (χ0n) is 10.7. The Morgan fingerprint density at radius 1 is 1.30 bits per heavy atom. The summed E-state index contributed by atoms with van der Waals surface area (Å²) in [6, 6.07) is 10.0. The highest BCUT2D eigenvalue weighted by molar-refractivity contribution is 9.10. The molecule has 0 unspecified atom stereocenters. The Labute approximate surface area is 123 Å². The van der Waals surface area contributed by atoms with Gasteiger partial charge in [-0.05, 0) is 42.0 Å². The molecule has 20 heavy (non-hydrogen) atoms. The summed E-state index contributed by atoms with van der Waals surface area (Å²) in [6.07, 6.45) is 0. The van der Waals surface area contributed by atoms with Gasteiger partial charge in [-0.2, -0.15) is 5.21 Å². The number of aromatic nitrogens is 4. The van der Waals surface area contributed by atoms with E-state index in [9.17, 15) is 0 Å². The molecule has 0 amide bonds. The van der Waals surface area contributed by atoms with Crippen molar-refractivity contribution < 1.29 is 4.42 Å². The van der Waals surface area contributed by atoms with Gasteiger partial charge in [-0.25, -0.2) is 0 Å². The van der Waals surface area contributed by atoms with Crippen molar-refractivity contribution in [3.05, 3.63) is 46.1 Å². The Kier molecular flexibility index (Phi) is 3.51. The van der Waals surface area contributed by atoms with Gasteiger partial charge in [0.05, 0.1) is 6.54 Å². The number of anilines is 1. The summed E-state index contributed by atoms with van der Waals surface area (Å²) in [7, 11) is 0. The first-order valence-corrected chi connectivity index (χ1v) is 6.84. The number of H-pyrrole nitrogens is 1. The van der Waals surface area contributed by atoms with E-state index in [4.69, 9.17) is 4.42 Å². The van der Waals surface area contributed by atoms with E-state index in [1.165, 1.54) is 5.56 Å². The first-order valence-electron chi connectivity index (χ1n) is 6.05. The number of furan rings is 1. The molecule has 1 aromatic carbocycles. The maximum atomic E-state index is 5.80. The average molecular weight is 334 g/mol. The van der Waals surface area contributed by atoms with Crippen LogP contribution < -0.4 is 5.32 Å². The lowest BCUT2D eigenvalue weighted by atomic mass is 10.1. The summed E-state index contributed by atoms with van der Waals surface area (Å²) >= 11 is 3.49. The summed E-state index contributed by atoms with van der Waals surface area (Å²) in [5.41, 5.74) is 2.22. The predicted octanol–water partition coefficient (Wildman–Crippen LogP) is 3.14. The highest BCUT2D eigenvalue weighted by Crippen LogP contribution is 2.26. The molecule has 3 rings (SSSR count). The normalized spacial score (nSPS) is 10.7. The molecule has 7 heteroatoms. The van der Waals surface area contributed by atoms with Gasteiger partial charge in [0.15, 0.2) is 0 Å². The van der Waals surface area contributed by atoms with E-state index < -0.39 is 0 Å². The maximum Gasteiger partial charge on any atom is 0.263 e. The molecule has 6 nitrogen and oxygen atoms in total. The minimum absolute atomic E-state index is 0.447. The van der Waals surface area contributed by atoms with Crippen molar-refractivity contribution >= 4 is 21.9 Å². The van der Waals surface area contributed by atoms with Crippen LogP contribution in [-0.2, 0) is 6.54 Å². The van der Waals surface area contributed by atoms with Gasteiger partial charge in [0.25, 0.3) is 5.95 Å². The molecule has 0 bridgehead atoms. The van der Waals surface area contributed by atoms with Crippen LogP contribution in [0.5, 0.6) is 0 Å². The molecule has 102 valence electrons. The molecule has 0 fully saturated rings. The second-order valence-electron chi connectivity index (χ2n) is 4.32. The summed E-state index contributed by atoms with van der Waals surface area (Å²) in [6.45, 7) is 2.56. The van der Waals surface area contributed by atoms with Gasteiger partial charge in [0.2, 0.25) is 0 Å². The molecular formula is C13H12BrN5O. The molecule has 2 aromatic heterocycles. The monoisotopic (exact) mass is 333 g/mol. The highest BCUT2D eigenvalue weighted by Gasteiger charge is 2.07. The minimum atomic E-state index is 0.447. The number of nitrogens with zero attached hydrogens (tertiary/aromatic N) is 3. The molecule has 0 atom stereocenters. The summed E-state index contributed by atoms with van der Waals surface area (Å²) in [5, 5.41) is 16.5. The molecule has 0 aliphatic rings. The van der Waals surface area contributed by atoms with E-state index in [-0.39, 0.29) is 0 Å². The van der Waals surface area contributed by atoms with Crippen LogP contribution in [0.4, 0.5) is 5.95 Å². The van der Waals surface area contributed by atoms with E-state index in [0.717, 1.165) is 21.6 Å². The van der Waals surface area contributed by atoms with Crippen molar-refractivity contribution in [3.8, 4) is 11.3 Å². The fourth-order valence-corrected chi connectivity index (χ4v) is 2.08. The third-order valence-corrected chi connectivity index (χ3v) is 3.76. The second kappa shape index (κ2) is 5.46. The molecule has 0 saturated heterocycles. The van der Waals surface area contributed by atoms with Gasteiger partial charge in [0, 0.05) is 10.0 Å². The predicted molar refractivity (Wildman–Crippen MR) is 78.1 cm³/mol. The van der Waals surface area contributed by atoms with Gasteiger partial charge in [-0.1, -0.05) is 27.1 Å². The number of rotatable bonds is 4. The summed E-state index contributed by atoms with van der Waals surface area (Å²) in [5.74, 6) is 2.10. The standard InChI is InChI=1S/C13H12BrN5O/c1-8-6-9(2-4-11(8)14)12-5-3-10(20-12)7-15-13-16-18-19-17-13/h2-6H,7H2,1H3,(H2,15,16,17,18,19). The van der Waals surface area contributed by atoms with Crippen LogP contribution >= 0.6 is 15.9 Å². The van der Waals surface area contributed by atoms with Gasteiger partial charge in [0.1, 0.15) is 11.5 Å². The maximum absolute atomic E-state index is 5.80. The molecule has 0 saturated carbocycles. The minimum Gasteiger partial charge on any atom is -0.459 e. The Bertz CT molecular complexity index is 707. The van der Waals surface area contributed by atoms with Crippen LogP contribution in [0.1, 0.15) is 11.3 Å². The van der Waals surface area contributed by atoms with Crippen molar-refractivity contribution in [1.29, 1.82) is 0 Å². The fourth-order valence-electron chi connectivity index (χ4n) is 1.83. The number of halogens is 1. The van der Waals surface area contributed by atoms with E-state index in [1.54, 1.807) is 0 Å². The molecule has 2 N–H and O–H groups in total. The summed E-state index contributed by atoms with van der Waals surface area (Å²) < 4.78 is 6.89. The lowest BCUT2D eigenvalue weighted by Crippen LogP contribution is -1.99. The van der Waals surface area contributed by atoms with Gasteiger partial charge >= 0.3 is 0 Å². The van der Waals surface area contributed by atoms with Crippen molar-refractivity contribution in [3.63, 3.8) is 0 Å². The molecule has 2 heterocycles. The van der Waals surface area contributed by atoms with E-state index >= 15 is 0 Å². The molecule has 0 aliphatic heterocycles. The lowest BCUT2D eigenvalue weighted by molar-refractivity contribution is 0.531. The Balaban J connectivity index is 1.74. The number of benzene rings is 1. The zero-order valence-corrected chi connectivity index (χ0v) is 12.3. The van der Waals surface area contributed by atoms with Crippen LogP contribution in [0.15, 0.2) is 39.2 Å². The number of hydrogen-bond acceptors (Lipinski definition) is 5. The summed E-state index contributed by atoms with van der Waals surface area (Å²) in [4.78, 5) is 0. The van der Waals surface area contributed by atoms with Crippen LogP contribution in [-0.4, -0.2) is 20.6 Å². The van der Waals surface area contributed by atoms with Crippen molar-refractivity contribution in [2.75, 3.05) is 5.32 Å². The lowest BCUT2D eigenvalue weighted by Gasteiger charge is -2.02. The topological polar surface area (TPSA) is 79.6 Å². The molecule has 0 radical (unpaired) electrons. The number of hydrogen-bond donors (Lipinski definition) is 2. The van der Waals surface area contributed by atoms with Crippen LogP contribution in [0.25, 0.3) is 11.3 Å². The third kappa shape index (κ3) is 2.72.